The molecular weight excluding hydrogens is 308 g/mol. The van der Waals surface area contributed by atoms with E-state index in [4.69, 9.17) is 5.73 Å². The molecule has 0 aliphatic carbocycles. The molecule has 2 aromatic rings. The molecule has 0 saturated carbocycles. The smallest absolute Gasteiger partial charge is 0.274 e. The number of rotatable bonds is 4. The van der Waals surface area contributed by atoms with Gasteiger partial charge in [0, 0.05) is 25.0 Å². The topological polar surface area (TPSA) is 98.3 Å². The second kappa shape index (κ2) is 6.43. The molecule has 0 bridgehead atoms. The minimum absolute atomic E-state index is 0.194. The van der Waals surface area contributed by atoms with Gasteiger partial charge in [-0.2, -0.15) is 5.10 Å². The van der Waals surface area contributed by atoms with Gasteiger partial charge in [-0.25, -0.2) is 4.68 Å². The van der Waals surface area contributed by atoms with Crippen LogP contribution in [-0.2, 0) is 11.3 Å². The molecule has 2 heterocycles. The summed E-state index contributed by atoms with van der Waals surface area (Å²) >= 11 is 0. The van der Waals surface area contributed by atoms with E-state index in [1.807, 2.05) is 6.92 Å². The number of fused-ring (bicyclic) bond motifs is 1. The van der Waals surface area contributed by atoms with Crippen LogP contribution in [0, 0.1) is 5.92 Å². The molecule has 7 heteroatoms. The molecule has 0 radical (unpaired) electrons. The number of likely N-dealkylation sites (tertiary alicyclic amines) is 1. The highest BCUT2D eigenvalue weighted by molar-refractivity contribution is 6.05. The van der Waals surface area contributed by atoms with Crippen molar-refractivity contribution < 1.29 is 9.59 Å². The summed E-state index contributed by atoms with van der Waals surface area (Å²) in [5, 5.41) is 5.33. The lowest BCUT2D eigenvalue weighted by Crippen LogP contribution is -2.34. The molecule has 1 saturated heterocycles. The number of hydrogen-bond acceptors (Lipinski definition) is 4. The summed E-state index contributed by atoms with van der Waals surface area (Å²) in [6, 6.07) is 6.99. The van der Waals surface area contributed by atoms with Crippen molar-refractivity contribution in [3.05, 3.63) is 40.3 Å². The standard InChI is InChI=1S/C17H20N4O3/c1-2-8-21-16(23)13-6-4-3-5-12(13)14(19-21)17(24)20-9-7-11(10-20)15(18)22/h3-6,11H,2,7-10H2,1H3,(H2,18,22). The van der Waals surface area contributed by atoms with E-state index in [9.17, 15) is 14.4 Å². The molecule has 2 amide bonds. The molecule has 1 aliphatic heterocycles. The van der Waals surface area contributed by atoms with Gasteiger partial charge in [-0.05, 0) is 18.9 Å². The quantitative estimate of drug-likeness (QED) is 0.895. The van der Waals surface area contributed by atoms with Gasteiger partial charge < -0.3 is 10.6 Å². The van der Waals surface area contributed by atoms with Crippen molar-refractivity contribution in [2.24, 2.45) is 11.7 Å². The zero-order chi connectivity index (χ0) is 17.3. The van der Waals surface area contributed by atoms with Crippen LogP contribution in [0.4, 0.5) is 0 Å². The van der Waals surface area contributed by atoms with Crippen LogP contribution >= 0.6 is 0 Å². The van der Waals surface area contributed by atoms with Crippen molar-refractivity contribution in [3.8, 4) is 0 Å². The molecule has 1 atom stereocenters. The number of nitrogens with zero attached hydrogens (tertiary/aromatic N) is 3. The Morgan fingerprint density at radius 1 is 1.29 bits per heavy atom. The lowest BCUT2D eigenvalue weighted by molar-refractivity contribution is -0.121. The normalized spacial score (nSPS) is 17.4. The fourth-order valence-corrected chi connectivity index (χ4v) is 3.08. The fourth-order valence-electron chi connectivity index (χ4n) is 3.08. The maximum Gasteiger partial charge on any atom is 0.274 e. The van der Waals surface area contributed by atoms with Crippen LogP contribution in [0.5, 0.6) is 0 Å². The number of benzene rings is 1. The average Bonchev–Trinajstić information content (AvgIpc) is 3.07. The molecule has 1 aromatic heterocycles. The first-order chi connectivity index (χ1) is 11.5. The molecule has 1 unspecified atom stereocenters. The van der Waals surface area contributed by atoms with Gasteiger partial charge in [0.1, 0.15) is 0 Å². The Morgan fingerprint density at radius 3 is 2.62 bits per heavy atom. The summed E-state index contributed by atoms with van der Waals surface area (Å²) in [7, 11) is 0. The highest BCUT2D eigenvalue weighted by atomic mass is 16.2. The first-order valence-corrected chi connectivity index (χ1v) is 8.11. The predicted octanol–water partition coefficient (Wildman–Crippen LogP) is 0.754. The second-order valence-electron chi connectivity index (χ2n) is 6.06. The number of carbonyl (C=O) groups excluding carboxylic acids is 2. The van der Waals surface area contributed by atoms with Crippen molar-refractivity contribution in [2.75, 3.05) is 13.1 Å². The third-order valence-electron chi connectivity index (χ3n) is 4.38. The Balaban J connectivity index is 2.05. The van der Waals surface area contributed by atoms with E-state index >= 15 is 0 Å². The molecule has 0 spiro atoms. The number of hydrogen-bond donors (Lipinski definition) is 1. The van der Waals surface area contributed by atoms with E-state index in [1.165, 1.54) is 4.68 Å². The van der Waals surface area contributed by atoms with E-state index in [1.54, 1.807) is 29.2 Å². The molecule has 24 heavy (non-hydrogen) atoms. The average molecular weight is 328 g/mol. The molecule has 1 aliphatic rings. The van der Waals surface area contributed by atoms with Crippen LogP contribution in [0.25, 0.3) is 10.8 Å². The van der Waals surface area contributed by atoms with E-state index < -0.39 is 0 Å². The van der Waals surface area contributed by atoms with Crippen molar-refractivity contribution in [1.29, 1.82) is 0 Å². The monoisotopic (exact) mass is 328 g/mol. The third kappa shape index (κ3) is 2.77. The summed E-state index contributed by atoms with van der Waals surface area (Å²) < 4.78 is 1.34. The van der Waals surface area contributed by atoms with Crippen molar-refractivity contribution >= 4 is 22.6 Å². The second-order valence-corrected chi connectivity index (χ2v) is 6.06. The summed E-state index contributed by atoms with van der Waals surface area (Å²) in [6.45, 7) is 3.17. The lowest BCUT2D eigenvalue weighted by Gasteiger charge is -2.17. The van der Waals surface area contributed by atoms with Crippen LogP contribution in [0.2, 0.25) is 0 Å². The van der Waals surface area contributed by atoms with Gasteiger partial charge in [0.05, 0.1) is 11.3 Å². The number of amides is 2. The first-order valence-electron chi connectivity index (χ1n) is 8.11. The number of aromatic nitrogens is 2. The third-order valence-corrected chi connectivity index (χ3v) is 4.38. The van der Waals surface area contributed by atoms with Crippen LogP contribution in [-0.4, -0.2) is 39.6 Å². The maximum absolute atomic E-state index is 12.9. The number of aryl methyl sites for hydroxylation is 1. The SMILES string of the molecule is CCCn1nc(C(=O)N2CCC(C(N)=O)C2)c2ccccc2c1=O. The van der Waals surface area contributed by atoms with Crippen LogP contribution in [0.1, 0.15) is 30.3 Å². The predicted molar refractivity (Wildman–Crippen MR) is 89.5 cm³/mol. The number of carbonyl (C=O) groups is 2. The lowest BCUT2D eigenvalue weighted by atomic mass is 10.1. The Morgan fingerprint density at radius 2 is 2.00 bits per heavy atom. The van der Waals surface area contributed by atoms with E-state index in [0.29, 0.717) is 36.8 Å². The first kappa shape index (κ1) is 16.2. The molecule has 126 valence electrons. The Kier molecular flexibility index (Phi) is 4.33. The Labute approximate surface area is 139 Å². The van der Waals surface area contributed by atoms with Gasteiger partial charge in [-0.3, -0.25) is 14.4 Å². The van der Waals surface area contributed by atoms with Crippen LogP contribution < -0.4 is 11.3 Å². The zero-order valence-corrected chi connectivity index (χ0v) is 13.6. The number of primary amides is 1. The van der Waals surface area contributed by atoms with Crippen molar-refractivity contribution in [1.82, 2.24) is 14.7 Å². The molecule has 1 fully saturated rings. The minimum Gasteiger partial charge on any atom is -0.369 e. The van der Waals surface area contributed by atoms with Crippen molar-refractivity contribution in [3.63, 3.8) is 0 Å². The van der Waals surface area contributed by atoms with E-state index in [2.05, 4.69) is 5.10 Å². The Bertz CT molecular complexity index is 859. The van der Waals surface area contributed by atoms with E-state index in [0.717, 1.165) is 6.42 Å². The molecule has 1 aromatic carbocycles. The highest BCUT2D eigenvalue weighted by Gasteiger charge is 2.32. The van der Waals surface area contributed by atoms with Gasteiger partial charge in [0.25, 0.3) is 11.5 Å². The molecule has 7 nitrogen and oxygen atoms in total. The largest absolute Gasteiger partial charge is 0.369 e. The molecular formula is C17H20N4O3. The number of nitrogens with two attached hydrogens (primary N) is 1. The van der Waals surface area contributed by atoms with E-state index in [-0.39, 0.29) is 29.0 Å². The van der Waals surface area contributed by atoms with Gasteiger partial charge in [-0.15, -0.1) is 0 Å². The molecule has 3 rings (SSSR count). The van der Waals surface area contributed by atoms with Crippen molar-refractivity contribution in [2.45, 2.75) is 26.3 Å². The van der Waals surface area contributed by atoms with Gasteiger partial charge >= 0.3 is 0 Å². The van der Waals surface area contributed by atoms with Crippen LogP contribution in [0.15, 0.2) is 29.1 Å². The maximum atomic E-state index is 12.9. The van der Waals surface area contributed by atoms with Gasteiger partial charge in [0.2, 0.25) is 5.91 Å². The summed E-state index contributed by atoms with van der Waals surface area (Å²) in [5.41, 5.74) is 5.39. The zero-order valence-electron chi connectivity index (χ0n) is 13.6. The van der Waals surface area contributed by atoms with Crippen LogP contribution in [0.3, 0.4) is 0 Å². The molecule has 2 N–H and O–H groups in total. The summed E-state index contributed by atoms with van der Waals surface area (Å²) in [5.74, 6) is -0.972. The minimum atomic E-state index is -0.390. The fraction of sp³-hybridized carbons (Fsp3) is 0.412. The highest BCUT2D eigenvalue weighted by Crippen LogP contribution is 2.21. The van der Waals surface area contributed by atoms with Gasteiger partial charge in [-0.1, -0.05) is 25.1 Å². The van der Waals surface area contributed by atoms with Gasteiger partial charge in [0.15, 0.2) is 5.69 Å². The summed E-state index contributed by atoms with van der Waals surface area (Å²) in [4.78, 5) is 38.3. The summed E-state index contributed by atoms with van der Waals surface area (Å²) in [6.07, 6.45) is 1.31. The Hall–Kier alpha value is -2.70.